The molecule has 0 aliphatic carbocycles. The zero-order chi connectivity index (χ0) is 13.9. The van der Waals surface area contributed by atoms with E-state index in [2.05, 4.69) is 5.32 Å². The number of aliphatic carboxylic acids is 1. The largest absolute Gasteiger partial charge is 0.480 e. The molecular weight excluding hydrogens is 260 g/mol. The lowest BCUT2D eigenvalue weighted by atomic mass is 9.97. The molecule has 104 valence electrons. The summed E-state index contributed by atoms with van der Waals surface area (Å²) in [6, 6.07) is -0.926. The summed E-state index contributed by atoms with van der Waals surface area (Å²) in [4.78, 5) is 22.3. The van der Waals surface area contributed by atoms with Crippen LogP contribution in [-0.4, -0.2) is 55.1 Å². The predicted octanol–water partition coefficient (Wildman–Crippen LogP) is -0.753. The Balaban J connectivity index is 2.48. The number of carbonyl (C=O) groups is 2. The topological polar surface area (TPSA) is 104 Å². The minimum atomic E-state index is -3.20. The summed E-state index contributed by atoms with van der Waals surface area (Å²) >= 11 is 0. The first-order valence-corrected chi connectivity index (χ1v) is 7.55. The van der Waals surface area contributed by atoms with Gasteiger partial charge in [-0.1, -0.05) is 0 Å². The molecule has 1 rings (SSSR count). The SMILES string of the molecule is CC(NC(=O)C1CCN(S(C)(=O)=O)CC1)C(=O)O. The first kappa shape index (κ1) is 14.9. The Morgan fingerprint density at radius 1 is 1.33 bits per heavy atom. The smallest absolute Gasteiger partial charge is 0.325 e. The van der Waals surface area contributed by atoms with Gasteiger partial charge in [0.1, 0.15) is 6.04 Å². The average Bonchev–Trinajstić information content (AvgIpc) is 2.27. The van der Waals surface area contributed by atoms with E-state index in [-0.39, 0.29) is 11.8 Å². The molecule has 0 saturated carbocycles. The average molecular weight is 278 g/mol. The molecule has 0 aromatic carbocycles. The normalized spacial score (nSPS) is 20.3. The summed E-state index contributed by atoms with van der Waals surface area (Å²) in [6.45, 7) is 2.00. The van der Waals surface area contributed by atoms with Gasteiger partial charge >= 0.3 is 5.97 Å². The summed E-state index contributed by atoms with van der Waals surface area (Å²) in [5, 5.41) is 11.1. The maximum absolute atomic E-state index is 11.7. The van der Waals surface area contributed by atoms with E-state index in [0.717, 1.165) is 6.26 Å². The number of carboxylic acid groups (broad SMARTS) is 1. The minimum absolute atomic E-state index is 0.304. The van der Waals surface area contributed by atoms with Crippen LogP contribution in [0.25, 0.3) is 0 Å². The molecule has 0 aromatic rings. The third-order valence-corrected chi connectivity index (χ3v) is 4.33. The van der Waals surface area contributed by atoms with Crippen molar-refractivity contribution in [3.05, 3.63) is 0 Å². The van der Waals surface area contributed by atoms with Gasteiger partial charge in [0.2, 0.25) is 15.9 Å². The van der Waals surface area contributed by atoms with E-state index in [9.17, 15) is 18.0 Å². The fourth-order valence-corrected chi connectivity index (χ4v) is 2.72. The van der Waals surface area contributed by atoms with E-state index in [0.29, 0.717) is 25.9 Å². The summed E-state index contributed by atoms with van der Waals surface area (Å²) in [7, 11) is -3.20. The van der Waals surface area contributed by atoms with Crippen LogP contribution in [0.1, 0.15) is 19.8 Å². The Bertz CT molecular complexity index is 426. The van der Waals surface area contributed by atoms with E-state index in [4.69, 9.17) is 5.11 Å². The molecule has 0 bridgehead atoms. The molecule has 1 amide bonds. The molecule has 1 saturated heterocycles. The van der Waals surface area contributed by atoms with Gasteiger partial charge in [0.15, 0.2) is 0 Å². The van der Waals surface area contributed by atoms with Gasteiger partial charge < -0.3 is 10.4 Å². The Labute approximate surface area is 106 Å². The number of hydrogen-bond acceptors (Lipinski definition) is 4. The summed E-state index contributed by atoms with van der Waals surface area (Å²) < 4.78 is 23.9. The number of nitrogens with zero attached hydrogens (tertiary/aromatic N) is 1. The van der Waals surface area contributed by atoms with Crippen molar-refractivity contribution in [2.45, 2.75) is 25.8 Å². The lowest BCUT2D eigenvalue weighted by Gasteiger charge is -2.29. The number of carboxylic acids is 1. The molecular formula is C10H18N2O5S. The van der Waals surface area contributed by atoms with Crippen LogP contribution in [0.15, 0.2) is 0 Å². The molecule has 1 aliphatic rings. The standard InChI is InChI=1S/C10H18N2O5S/c1-7(10(14)15)11-9(13)8-3-5-12(6-4-8)18(2,16)17/h7-8H,3-6H2,1-2H3,(H,11,13)(H,14,15). The molecule has 2 N–H and O–H groups in total. The molecule has 1 aliphatic heterocycles. The highest BCUT2D eigenvalue weighted by molar-refractivity contribution is 7.88. The number of rotatable bonds is 4. The van der Waals surface area contributed by atoms with E-state index in [1.807, 2.05) is 0 Å². The Morgan fingerprint density at radius 3 is 2.22 bits per heavy atom. The van der Waals surface area contributed by atoms with Crippen molar-refractivity contribution in [2.24, 2.45) is 5.92 Å². The Hall–Kier alpha value is -1.15. The van der Waals surface area contributed by atoms with Crippen molar-refractivity contribution in [2.75, 3.05) is 19.3 Å². The molecule has 7 nitrogen and oxygen atoms in total. The van der Waals surface area contributed by atoms with Crippen LogP contribution in [0.2, 0.25) is 0 Å². The van der Waals surface area contributed by atoms with Gasteiger partial charge in [-0.15, -0.1) is 0 Å². The van der Waals surface area contributed by atoms with E-state index < -0.39 is 22.0 Å². The monoisotopic (exact) mass is 278 g/mol. The van der Waals surface area contributed by atoms with Crippen LogP contribution in [0.5, 0.6) is 0 Å². The van der Waals surface area contributed by atoms with Gasteiger partial charge in [-0.3, -0.25) is 9.59 Å². The third kappa shape index (κ3) is 3.95. The van der Waals surface area contributed by atoms with Crippen molar-refractivity contribution < 1.29 is 23.1 Å². The quantitative estimate of drug-likeness (QED) is 0.704. The van der Waals surface area contributed by atoms with Gasteiger partial charge in [0.25, 0.3) is 0 Å². The molecule has 8 heteroatoms. The van der Waals surface area contributed by atoms with Crippen LogP contribution in [-0.2, 0) is 19.6 Å². The first-order valence-electron chi connectivity index (χ1n) is 5.70. The molecule has 18 heavy (non-hydrogen) atoms. The number of sulfonamides is 1. The summed E-state index contributed by atoms with van der Waals surface area (Å²) in [6.07, 6.45) is 1.98. The second-order valence-corrected chi connectivity index (χ2v) is 6.49. The number of nitrogens with one attached hydrogen (secondary N) is 1. The van der Waals surface area contributed by atoms with Gasteiger partial charge in [-0.2, -0.15) is 0 Å². The molecule has 1 atom stereocenters. The van der Waals surface area contributed by atoms with Crippen molar-refractivity contribution in [1.29, 1.82) is 0 Å². The molecule has 0 radical (unpaired) electrons. The molecule has 1 heterocycles. The highest BCUT2D eigenvalue weighted by Crippen LogP contribution is 2.19. The number of amides is 1. The van der Waals surface area contributed by atoms with Crippen molar-refractivity contribution in [1.82, 2.24) is 9.62 Å². The first-order chi connectivity index (χ1) is 8.21. The predicted molar refractivity (Wildman–Crippen MR) is 64.4 cm³/mol. The second kappa shape index (κ2) is 5.66. The summed E-state index contributed by atoms with van der Waals surface area (Å²) in [5.41, 5.74) is 0. The number of piperidine rings is 1. The molecule has 1 fully saturated rings. The second-order valence-electron chi connectivity index (χ2n) is 4.50. The van der Waals surface area contributed by atoms with Gasteiger partial charge in [-0.05, 0) is 19.8 Å². The van der Waals surface area contributed by atoms with Gasteiger partial charge in [0, 0.05) is 19.0 Å². The zero-order valence-electron chi connectivity index (χ0n) is 10.4. The minimum Gasteiger partial charge on any atom is -0.480 e. The number of carbonyl (C=O) groups excluding carboxylic acids is 1. The Kier molecular flexibility index (Phi) is 4.69. The van der Waals surface area contributed by atoms with Crippen LogP contribution < -0.4 is 5.32 Å². The van der Waals surface area contributed by atoms with E-state index in [1.165, 1.54) is 11.2 Å². The maximum atomic E-state index is 11.7. The fraction of sp³-hybridized carbons (Fsp3) is 0.800. The van der Waals surface area contributed by atoms with Crippen molar-refractivity contribution in [3.8, 4) is 0 Å². The van der Waals surface area contributed by atoms with Gasteiger partial charge in [-0.25, -0.2) is 12.7 Å². The highest BCUT2D eigenvalue weighted by Gasteiger charge is 2.30. The van der Waals surface area contributed by atoms with Crippen molar-refractivity contribution in [3.63, 3.8) is 0 Å². The highest BCUT2D eigenvalue weighted by atomic mass is 32.2. The zero-order valence-corrected chi connectivity index (χ0v) is 11.2. The van der Waals surface area contributed by atoms with Gasteiger partial charge in [0.05, 0.1) is 6.26 Å². The molecule has 1 unspecified atom stereocenters. The third-order valence-electron chi connectivity index (χ3n) is 3.02. The van der Waals surface area contributed by atoms with E-state index in [1.54, 1.807) is 0 Å². The molecule has 0 aromatic heterocycles. The molecule has 0 spiro atoms. The maximum Gasteiger partial charge on any atom is 0.325 e. The lowest BCUT2D eigenvalue weighted by molar-refractivity contribution is -0.142. The fourth-order valence-electron chi connectivity index (χ4n) is 1.84. The summed E-state index contributed by atoms with van der Waals surface area (Å²) in [5.74, 6) is -1.72. The van der Waals surface area contributed by atoms with Crippen LogP contribution in [0, 0.1) is 5.92 Å². The van der Waals surface area contributed by atoms with Crippen LogP contribution in [0.4, 0.5) is 0 Å². The van der Waals surface area contributed by atoms with Crippen LogP contribution >= 0.6 is 0 Å². The van der Waals surface area contributed by atoms with Crippen LogP contribution in [0.3, 0.4) is 0 Å². The lowest BCUT2D eigenvalue weighted by Crippen LogP contribution is -2.46. The van der Waals surface area contributed by atoms with E-state index >= 15 is 0 Å². The Morgan fingerprint density at radius 2 is 1.83 bits per heavy atom. The van der Waals surface area contributed by atoms with Crippen molar-refractivity contribution >= 4 is 21.9 Å². The number of hydrogen-bond donors (Lipinski definition) is 2.